The number of hydrogen-bond acceptors (Lipinski definition) is 3. The molecule has 4 heteroatoms. The van der Waals surface area contributed by atoms with E-state index in [0.717, 1.165) is 6.42 Å². The molecule has 0 heterocycles. The molecule has 1 nitrogen and oxygen atoms in total. The summed E-state index contributed by atoms with van der Waals surface area (Å²) in [6.45, 7) is 3.70. The number of hydrogen-bond donors (Lipinski definition) is 2. The number of carbonyl (C=O) groups is 1. The summed E-state index contributed by atoms with van der Waals surface area (Å²) >= 11 is 8.80. The fourth-order valence-electron chi connectivity index (χ4n) is 0.939. The third kappa shape index (κ3) is 5.04. The highest BCUT2D eigenvalue weighted by atomic mass is 33.5. The van der Waals surface area contributed by atoms with Crippen molar-refractivity contribution in [1.82, 2.24) is 0 Å². The summed E-state index contributed by atoms with van der Waals surface area (Å²) in [6, 6.07) is 0. The molecule has 0 aromatic carbocycles. The number of ketones is 1. The van der Waals surface area contributed by atoms with E-state index in [1.807, 2.05) is 6.26 Å². The van der Waals surface area contributed by atoms with E-state index in [1.54, 1.807) is 6.92 Å². The second kappa shape index (κ2) is 4.67. The van der Waals surface area contributed by atoms with E-state index in [-0.39, 0.29) is 5.78 Å². The number of Topliss-reactive ketones (excluding diaryl/α,β-unsaturated/α-hetero) is 1. The van der Waals surface area contributed by atoms with Gasteiger partial charge in [0, 0.05) is 11.7 Å². The molecule has 0 saturated heterocycles. The van der Waals surface area contributed by atoms with Gasteiger partial charge in [-0.1, -0.05) is 6.92 Å². The average molecular weight is 212 g/mol. The maximum atomic E-state index is 10.8. The molecule has 0 radical (unpaired) electrons. The van der Waals surface area contributed by atoms with Crippen LogP contribution in [0.2, 0.25) is 0 Å². The molecule has 68 valence electrons. The topological polar surface area (TPSA) is 17.1 Å². The van der Waals surface area contributed by atoms with Crippen LogP contribution in [-0.2, 0) is 4.79 Å². The molecule has 1 unspecified atom stereocenters. The molecule has 0 rings (SSSR count). The van der Waals surface area contributed by atoms with Gasteiger partial charge >= 0.3 is 0 Å². The third-order valence-corrected chi connectivity index (χ3v) is 5.15. The Balaban J connectivity index is 4.07. The quantitative estimate of drug-likeness (QED) is 0.541. The Hall–Kier alpha value is 0.720. The monoisotopic (exact) mass is 212 g/mol. The van der Waals surface area contributed by atoms with Crippen LogP contribution in [-0.4, -0.2) is 17.3 Å². The van der Waals surface area contributed by atoms with Gasteiger partial charge in [0.15, 0.2) is 0 Å². The second-order valence-corrected chi connectivity index (χ2v) is 10.7. The first kappa shape index (κ1) is 11.7. The first-order chi connectivity index (χ1) is 4.88. The summed E-state index contributed by atoms with van der Waals surface area (Å²) in [7, 11) is -1.14. The van der Waals surface area contributed by atoms with Crippen LogP contribution in [0.3, 0.4) is 0 Å². The fraction of sp³-hybridized carbons (Fsp3) is 0.857. The van der Waals surface area contributed by atoms with Crippen molar-refractivity contribution in [3.8, 4) is 0 Å². The molecule has 0 amide bonds. The highest BCUT2D eigenvalue weighted by Gasteiger charge is 2.21. The van der Waals surface area contributed by atoms with Crippen molar-refractivity contribution in [3.05, 3.63) is 0 Å². The molecule has 0 aliphatic heterocycles. The van der Waals surface area contributed by atoms with Gasteiger partial charge in [0.2, 0.25) is 0 Å². The van der Waals surface area contributed by atoms with Crippen LogP contribution >= 0.6 is 31.4 Å². The molecule has 0 bridgehead atoms. The van der Waals surface area contributed by atoms with Crippen LogP contribution < -0.4 is 0 Å². The molecule has 0 aromatic rings. The third-order valence-electron chi connectivity index (χ3n) is 1.60. The lowest BCUT2D eigenvalue weighted by Gasteiger charge is -2.32. The molecule has 11 heavy (non-hydrogen) atoms. The summed E-state index contributed by atoms with van der Waals surface area (Å²) < 4.78 is 0. The van der Waals surface area contributed by atoms with Gasteiger partial charge in [0.05, 0.1) is 0 Å². The smallest absolute Gasteiger partial charge is 0.130 e. The Kier molecular flexibility index (Phi) is 4.98. The van der Waals surface area contributed by atoms with Gasteiger partial charge < -0.3 is 0 Å². The molecular formula is C7H16OS3. The van der Waals surface area contributed by atoms with Gasteiger partial charge in [0.1, 0.15) is 5.78 Å². The normalized spacial score (nSPS) is 16.1. The number of rotatable bonds is 4. The molecule has 0 aliphatic rings. The summed E-state index contributed by atoms with van der Waals surface area (Å²) in [6.07, 6.45) is 3.62. The first-order valence-corrected chi connectivity index (χ1v) is 7.80. The summed E-state index contributed by atoms with van der Waals surface area (Å²) in [5.74, 6) is 0.235. The van der Waals surface area contributed by atoms with Crippen LogP contribution in [0, 0.1) is 0 Å². The Labute approximate surface area is 80.3 Å². The van der Waals surface area contributed by atoms with Crippen LogP contribution in [0.5, 0.6) is 0 Å². The molecule has 0 N–H and O–H groups in total. The number of thiol groups is 2. The van der Waals surface area contributed by atoms with Crippen molar-refractivity contribution in [2.24, 2.45) is 0 Å². The minimum absolute atomic E-state index is 0.235. The van der Waals surface area contributed by atoms with E-state index in [9.17, 15) is 4.79 Å². The molecule has 0 aliphatic carbocycles. The molecule has 0 fully saturated rings. The Bertz CT molecular complexity index is 139. The Morgan fingerprint density at radius 3 is 2.09 bits per heavy atom. The maximum Gasteiger partial charge on any atom is 0.130 e. The molecule has 0 spiro atoms. The van der Waals surface area contributed by atoms with E-state index in [0.29, 0.717) is 11.7 Å². The zero-order valence-corrected chi connectivity index (χ0v) is 9.81. The van der Waals surface area contributed by atoms with E-state index in [2.05, 4.69) is 30.2 Å². The molecule has 1 atom stereocenters. The van der Waals surface area contributed by atoms with Gasteiger partial charge in [-0.2, -0.15) is 0 Å². The summed E-state index contributed by atoms with van der Waals surface area (Å²) in [5.41, 5.74) is 0. The summed E-state index contributed by atoms with van der Waals surface area (Å²) in [4.78, 5) is 10.8. The first-order valence-electron chi connectivity index (χ1n) is 3.59. The fourth-order valence-corrected chi connectivity index (χ4v) is 3.46. The predicted octanol–water partition coefficient (Wildman–Crippen LogP) is 2.87. The highest BCUT2D eigenvalue weighted by molar-refractivity contribution is 9.17. The Morgan fingerprint density at radius 1 is 1.55 bits per heavy atom. The lowest BCUT2D eigenvalue weighted by atomic mass is 10.2. The van der Waals surface area contributed by atoms with Crippen molar-refractivity contribution in [1.29, 1.82) is 0 Å². The lowest BCUT2D eigenvalue weighted by Crippen LogP contribution is -2.12. The van der Waals surface area contributed by atoms with Gasteiger partial charge in [-0.25, -0.2) is 0 Å². The zero-order valence-electron chi connectivity index (χ0n) is 7.20. The molecule has 0 saturated carbocycles. The highest BCUT2D eigenvalue weighted by Crippen LogP contribution is 2.59. The largest absolute Gasteiger partial charge is 0.300 e. The van der Waals surface area contributed by atoms with Crippen molar-refractivity contribution in [3.63, 3.8) is 0 Å². The van der Waals surface area contributed by atoms with Gasteiger partial charge in [-0.3, -0.25) is 4.79 Å². The minimum atomic E-state index is -1.14. The van der Waals surface area contributed by atoms with Crippen LogP contribution in [0.25, 0.3) is 0 Å². The van der Waals surface area contributed by atoms with Gasteiger partial charge in [-0.15, -0.1) is 31.4 Å². The van der Waals surface area contributed by atoms with E-state index >= 15 is 0 Å². The SMILES string of the molecule is CCC(CC(C)=O)S(C)(S)S. The molecular weight excluding hydrogens is 196 g/mol. The van der Waals surface area contributed by atoms with Crippen molar-refractivity contribution in [2.75, 3.05) is 6.26 Å². The standard InChI is InChI=1S/C7H16OS3/c1-4-7(5-6(2)8)11(3,9)10/h7,9-10H,4-5H2,1-3H3. The maximum absolute atomic E-state index is 10.8. The predicted molar refractivity (Wildman–Crippen MR) is 60.9 cm³/mol. The van der Waals surface area contributed by atoms with E-state index in [4.69, 9.17) is 0 Å². The van der Waals surface area contributed by atoms with Crippen LogP contribution in [0.4, 0.5) is 0 Å². The zero-order chi connectivity index (χ0) is 9.07. The van der Waals surface area contributed by atoms with E-state index < -0.39 is 8.09 Å². The van der Waals surface area contributed by atoms with Crippen molar-refractivity contribution in [2.45, 2.75) is 31.9 Å². The Morgan fingerprint density at radius 2 is 2.00 bits per heavy atom. The lowest BCUT2D eigenvalue weighted by molar-refractivity contribution is -0.117. The van der Waals surface area contributed by atoms with Crippen molar-refractivity contribution < 1.29 is 4.79 Å². The van der Waals surface area contributed by atoms with Gasteiger partial charge in [0.25, 0.3) is 0 Å². The van der Waals surface area contributed by atoms with Crippen LogP contribution in [0.1, 0.15) is 26.7 Å². The minimum Gasteiger partial charge on any atom is -0.300 e. The van der Waals surface area contributed by atoms with E-state index in [1.165, 1.54) is 0 Å². The second-order valence-electron chi connectivity index (χ2n) is 2.83. The van der Waals surface area contributed by atoms with Gasteiger partial charge in [-0.05, 0) is 19.6 Å². The average Bonchev–Trinajstić information content (AvgIpc) is 1.79. The summed E-state index contributed by atoms with van der Waals surface area (Å²) in [5, 5.41) is 0.353. The van der Waals surface area contributed by atoms with Crippen LogP contribution in [0.15, 0.2) is 0 Å². The molecule has 0 aromatic heterocycles. The van der Waals surface area contributed by atoms with Crippen molar-refractivity contribution >= 4 is 37.2 Å². The number of carbonyl (C=O) groups excluding carboxylic acids is 1.